The molecule has 0 atom stereocenters. The molecule has 2 aromatic carbocycles. The zero-order valence-corrected chi connectivity index (χ0v) is 18.2. The highest BCUT2D eigenvalue weighted by Gasteiger charge is 2.21. The van der Waals surface area contributed by atoms with Gasteiger partial charge in [-0.3, -0.25) is 4.98 Å². The van der Waals surface area contributed by atoms with Crippen LogP contribution in [0.5, 0.6) is 11.6 Å². The quantitative estimate of drug-likeness (QED) is 0.366. The first-order chi connectivity index (χ1) is 15.2. The van der Waals surface area contributed by atoms with Crippen molar-refractivity contribution in [3.8, 4) is 17.3 Å². The number of hydrogen-bond donors (Lipinski definition) is 0. The molecule has 1 aliphatic rings. The van der Waals surface area contributed by atoms with Crippen LogP contribution in [0.1, 0.15) is 36.1 Å². The monoisotopic (exact) mass is 433 g/mol. The van der Waals surface area contributed by atoms with Crippen LogP contribution in [0.25, 0.3) is 16.6 Å². The van der Waals surface area contributed by atoms with Gasteiger partial charge in [-0.05, 0) is 56.0 Å². The van der Waals surface area contributed by atoms with E-state index in [0.29, 0.717) is 17.5 Å². The van der Waals surface area contributed by atoms with Crippen LogP contribution in [0.2, 0.25) is 5.02 Å². The Kier molecular flexibility index (Phi) is 5.51. The van der Waals surface area contributed by atoms with E-state index in [1.54, 1.807) is 7.11 Å². The maximum atomic E-state index is 6.36. The van der Waals surface area contributed by atoms with Crippen molar-refractivity contribution in [2.75, 3.05) is 7.11 Å². The number of aryl methyl sites for hydroxylation is 2. The van der Waals surface area contributed by atoms with Gasteiger partial charge in [0.05, 0.1) is 18.2 Å². The number of ether oxygens (including phenoxy) is 2. The molecule has 0 fully saturated rings. The predicted molar refractivity (Wildman–Crippen MR) is 122 cm³/mol. The van der Waals surface area contributed by atoms with Crippen molar-refractivity contribution in [3.63, 3.8) is 0 Å². The number of hydrogen-bond acceptors (Lipinski definition) is 4. The molecule has 6 heteroatoms. The molecule has 0 aliphatic heterocycles. The van der Waals surface area contributed by atoms with Crippen molar-refractivity contribution < 1.29 is 9.47 Å². The summed E-state index contributed by atoms with van der Waals surface area (Å²) >= 11 is 6.36. The normalized spacial score (nSPS) is 13.6. The van der Waals surface area contributed by atoms with E-state index < -0.39 is 0 Å². The highest BCUT2D eigenvalue weighted by atomic mass is 35.5. The van der Waals surface area contributed by atoms with Gasteiger partial charge in [0.25, 0.3) is 0 Å². The minimum Gasteiger partial charge on any atom is -0.497 e. The maximum Gasteiger partial charge on any atom is 0.226 e. The van der Waals surface area contributed by atoms with E-state index in [1.165, 1.54) is 30.5 Å². The second-order valence-corrected chi connectivity index (χ2v) is 8.21. The van der Waals surface area contributed by atoms with Gasteiger partial charge >= 0.3 is 0 Å². The van der Waals surface area contributed by atoms with Crippen LogP contribution in [0, 0.1) is 0 Å². The van der Waals surface area contributed by atoms with Crippen molar-refractivity contribution in [1.29, 1.82) is 0 Å². The molecular formula is C25H24ClN3O2. The SMILES string of the molecule is COc1ccc(-n2nc3c4c(ncc3c2OCc2ccccc2Cl)CCCCC4)cc1. The third-order valence-electron chi connectivity index (χ3n) is 5.84. The summed E-state index contributed by atoms with van der Waals surface area (Å²) in [6, 6.07) is 15.6. The largest absolute Gasteiger partial charge is 0.497 e. The highest BCUT2D eigenvalue weighted by molar-refractivity contribution is 6.31. The molecule has 1 aliphatic carbocycles. The molecule has 158 valence electrons. The molecule has 0 spiro atoms. The van der Waals surface area contributed by atoms with Crippen molar-refractivity contribution in [1.82, 2.24) is 14.8 Å². The molecule has 5 nitrogen and oxygen atoms in total. The molecule has 2 aromatic heterocycles. The standard InChI is InChI=1S/C25H24ClN3O2/c1-30-19-13-11-18(12-14-19)29-25(31-16-17-7-5-6-9-22(17)26)21-15-27-23-10-4-2-3-8-20(23)24(21)28-29/h5-7,9,11-15H,2-4,8,10,16H2,1H3. The third kappa shape index (κ3) is 3.86. The van der Waals surface area contributed by atoms with Crippen LogP contribution in [0.3, 0.4) is 0 Å². The lowest BCUT2D eigenvalue weighted by atomic mass is 10.1. The topological polar surface area (TPSA) is 49.2 Å². The lowest BCUT2D eigenvalue weighted by molar-refractivity contribution is 0.288. The van der Waals surface area contributed by atoms with E-state index in [2.05, 4.69) is 0 Å². The van der Waals surface area contributed by atoms with E-state index in [1.807, 2.05) is 59.4 Å². The summed E-state index contributed by atoms with van der Waals surface area (Å²) in [5.41, 5.74) is 5.25. The van der Waals surface area contributed by atoms with Gasteiger partial charge in [0, 0.05) is 28.0 Å². The average molecular weight is 434 g/mol. The highest BCUT2D eigenvalue weighted by Crippen LogP contribution is 2.34. The number of pyridine rings is 1. The van der Waals surface area contributed by atoms with E-state index in [-0.39, 0.29) is 0 Å². The van der Waals surface area contributed by atoms with Gasteiger partial charge in [0.15, 0.2) is 0 Å². The van der Waals surface area contributed by atoms with E-state index >= 15 is 0 Å². The predicted octanol–water partition coefficient (Wildman–Crippen LogP) is 5.93. The maximum absolute atomic E-state index is 6.36. The van der Waals surface area contributed by atoms with Crippen LogP contribution in [-0.2, 0) is 19.4 Å². The first-order valence-corrected chi connectivity index (χ1v) is 11.0. The second-order valence-electron chi connectivity index (χ2n) is 7.80. The number of fused-ring (bicyclic) bond motifs is 3. The number of nitrogens with zero attached hydrogens (tertiary/aromatic N) is 3. The minimum atomic E-state index is 0.355. The number of methoxy groups -OCH3 is 1. The van der Waals surface area contributed by atoms with Crippen molar-refractivity contribution >= 4 is 22.5 Å². The fourth-order valence-corrected chi connectivity index (χ4v) is 4.35. The smallest absolute Gasteiger partial charge is 0.226 e. The Morgan fingerprint density at radius 2 is 1.81 bits per heavy atom. The number of benzene rings is 2. The fraction of sp³-hybridized carbons (Fsp3) is 0.280. The molecule has 0 bridgehead atoms. The average Bonchev–Trinajstić information content (AvgIpc) is 3.00. The Morgan fingerprint density at radius 1 is 1.00 bits per heavy atom. The first kappa shape index (κ1) is 19.9. The van der Waals surface area contributed by atoms with Gasteiger partial charge < -0.3 is 9.47 Å². The molecule has 4 aromatic rings. The minimum absolute atomic E-state index is 0.355. The summed E-state index contributed by atoms with van der Waals surface area (Å²) in [5.74, 6) is 1.48. The molecule has 31 heavy (non-hydrogen) atoms. The third-order valence-corrected chi connectivity index (χ3v) is 6.21. The van der Waals surface area contributed by atoms with Crippen LogP contribution in [0.4, 0.5) is 0 Å². The van der Waals surface area contributed by atoms with Gasteiger partial charge in [-0.15, -0.1) is 0 Å². The Bertz CT molecular complexity index is 1220. The Morgan fingerprint density at radius 3 is 2.61 bits per heavy atom. The van der Waals surface area contributed by atoms with Gasteiger partial charge in [0.1, 0.15) is 17.9 Å². The summed E-state index contributed by atoms with van der Waals surface area (Å²) < 4.78 is 13.5. The molecular weight excluding hydrogens is 410 g/mol. The van der Waals surface area contributed by atoms with Crippen molar-refractivity contribution in [2.24, 2.45) is 0 Å². The van der Waals surface area contributed by atoms with Gasteiger partial charge in [-0.25, -0.2) is 0 Å². The van der Waals surface area contributed by atoms with Gasteiger partial charge in [-0.2, -0.15) is 9.78 Å². The van der Waals surface area contributed by atoms with Crippen molar-refractivity contribution in [3.05, 3.63) is 76.6 Å². The summed E-state index contributed by atoms with van der Waals surface area (Å²) in [5, 5.41) is 6.63. The summed E-state index contributed by atoms with van der Waals surface area (Å²) in [6.07, 6.45) is 7.50. The van der Waals surface area contributed by atoms with Crippen molar-refractivity contribution in [2.45, 2.75) is 38.7 Å². The van der Waals surface area contributed by atoms with Crippen LogP contribution in [-0.4, -0.2) is 21.9 Å². The zero-order chi connectivity index (χ0) is 21.2. The first-order valence-electron chi connectivity index (χ1n) is 10.6. The van der Waals surface area contributed by atoms with E-state index in [4.69, 9.17) is 31.2 Å². The van der Waals surface area contributed by atoms with Gasteiger partial charge in [-0.1, -0.05) is 36.2 Å². The molecule has 0 saturated heterocycles. The summed E-state index contributed by atoms with van der Waals surface area (Å²) in [6.45, 7) is 0.355. The summed E-state index contributed by atoms with van der Waals surface area (Å²) in [4.78, 5) is 4.80. The molecule has 5 rings (SSSR count). The zero-order valence-electron chi connectivity index (χ0n) is 17.5. The second kappa shape index (κ2) is 8.60. The molecule has 0 unspecified atom stereocenters. The van der Waals surface area contributed by atoms with E-state index in [0.717, 1.165) is 40.7 Å². The molecule has 0 saturated carbocycles. The number of aromatic nitrogens is 3. The van der Waals surface area contributed by atoms with Crippen LogP contribution in [0.15, 0.2) is 54.7 Å². The van der Waals surface area contributed by atoms with E-state index in [9.17, 15) is 0 Å². The molecule has 0 amide bonds. The fourth-order valence-electron chi connectivity index (χ4n) is 4.16. The Labute approximate surface area is 186 Å². The van der Waals surface area contributed by atoms with Crippen LogP contribution >= 0.6 is 11.6 Å². The lowest BCUT2D eigenvalue weighted by Crippen LogP contribution is -2.04. The molecule has 0 radical (unpaired) electrons. The Balaban J connectivity index is 1.63. The summed E-state index contributed by atoms with van der Waals surface area (Å²) in [7, 11) is 1.66. The Hall–Kier alpha value is -3.05. The molecule has 0 N–H and O–H groups in total. The number of halogens is 1. The van der Waals surface area contributed by atoms with Crippen LogP contribution < -0.4 is 9.47 Å². The van der Waals surface area contributed by atoms with Gasteiger partial charge in [0.2, 0.25) is 5.88 Å². The number of rotatable bonds is 5. The molecule has 2 heterocycles. The lowest BCUT2D eigenvalue weighted by Gasteiger charge is -2.11.